The number of nitrogens with one attached hydrogen (secondary N) is 1. The molecular formula is C17H14ClN3O2S. The standard InChI is InChI=1S/C17H14ClN3O2S/c1-23-15-5-4-12(18)7-14(15)16(22)20-9-13-10-24-17(21-13)11-3-2-6-19-8-11/h2-8,10H,9H2,1H3,(H,20,22). The van der Waals surface area contributed by atoms with Crippen LogP contribution in [0, 0.1) is 0 Å². The molecule has 122 valence electrons. The van der Waals surface area contributed by atoms with Gasteiger partial charge in [-0.25, -0.2) is 4.98 Å². The molecule has 1 N–H and O–H groups in total. The molecule has 0 spiro atoms. The first-order valence-electron chi connectivity index (χ1n) is 7.14. The largest absolute Gasteiger partial charge is 0.496 e. The summed E-state index contributed by atoms with van der Waals surface area (Å²) in [6.07, 6.45) is 3.48. The lowest BCUT2D eigenvalue weighted by molar-refractivity contribution is 0.0947. The molecule has 0 aliphatic heterocycles. The molecule has 0 saturated heterocycles. The number of aromatic nitrogens is 2. The Morgan fingerprint density at radius 1 is 1.38 bits per heavy atom. The van der Waals surface area contributed by atoms with Crippen molar-refractivity contribution in [1.29, 1.82) is 0 Å². The first-order chi connectivity index (χ1) is 11.7. The molecule has 0 radical (unpaired) electrons. The molecule has 5 nitrogen and oxygen atoms in total. The third-order valence-electron chi connectivity index (χ3n) is 3.30. The summed E-state index contributed by atoms with van der Waals surface area (Å²) in [6.45, 7) is 0.325. The van der Waals surface area contributed by atoms with Gasteiger partial charge >= 0.3 is 0 Å². The second kappa shape index (κ2) is 7.42. The smallest absolute Gasteiger partial charge is 0.255 e. The number of methoxy groups -OCH3 is 1. The SMILES string of the molecule is COc1ccc(Cl)cc1C(=O)NCc1csc(-c2cccnc2)n1. The van der Waals surface area contributed by atoms with Crippen molar-refractivity contribution in [3.05, 3.63) is 64.4 Å². The van der Waals surface area contributed by atoms with Gasteiger partial charge in [0.2, 0.25) is 0 Å². The van der Waals surface area contributed by atoms with Gasteiger partial charge in [-0.15, -0.1) is 11.3 Å². The molecule has 1 aromatic carbocycles. The van der Waals surface area contributed by atoms with Crippen LogP contribution in [0.4, 0.5) is 0 Å². The average Bonchev–Trinajstić information content (AvgIpc) is 3.09. The van der Waals surface area contributed by atoms with E-state index in [1.807, 2.05) is 17.5 Å². The second-order valence-corrected chi connectivity index (χ2v) is 6.21. The zero-order valence-electron chi connectivity index (χ0n) is 12.8. The molecule has 0 aliphatic rings. The number of hydrogen-bond donors (Lipinski definition) is 1. The minimum atomic E-state index is -0.259. The molecule has 0 aliphatic carbocycles. The zero-order chi connectivity index (χ0) is 16.9. The number of hydrogen-bond acceptors (Lipinski definition) is 5. The Bertz CT molecular complexity index is 852. The first-order valence-corrected chi connectivity index (χ1v) is 8.39. The summed E-state index contributed by atoms with van der Waals surface area (Å²) >= 11 is 7.47. The monoisotopic (exact) mass is 359 g/mol. The molecule has 0 saturated carbocycles. The normalized spacial score (nSPS) is 10.4. The lowest BCUT2D eigenvalue weighted by Gasteiger charge is -2.09. The van der Waals surface area contributed by atoms with Gasteiger partial charge in [0.1, 0.15) is 10.8 Å². The number of ether oxygens (including phenoxy) is 1. The van der Waals surface area contributed by atoms with Crippen LogP contribution in [0.5, 0.6) is 5.75 Å². The highest BCUT2D eigenvalue weighted by molar-refractivity contribution is 7.13. The summed E-state index contributed by atoms with van der Waals surface area (Å²) in [5, 5.41) is 6.10. The molecule has 0 unspecified atom stereocenters. The van der Waals surface area contributed by atoms with Crippen LogP contribution in [0.25, 0.3) is 10.6 Å². The predicted molar refractivity (Wildman–Crippen MR) is 94.5 cm³/mol. The number of amides is 1. The van der Waals surface area contributed by atoms with Crippen molar-refractivity contribution in [2.45, 2.75) is 6.54 Å². The van der Waals surface area contributed by atoms with Crippen LogP contribution in [0.1, 0.15) is 16.1 Å². The summed E-state index contributed by atoms with van der Waals surface area (Å²) in [5.74, 6) is 0.219. The number of nitrogens with zero attached hydrogens (tertiary/aromatic N) is 2. The van der Waals surface area contributed by atoms with E-state index in [1.165, 1.54) is 18.4 Å². The molecule has 2 heterocycles. The quantitative estimate of drug-likeness (QED) is 0.752. The third kappa shape index (κ3) is 3.72. The highest BCUT2D eigenvalue weighted by Crippen LogP contribution is 2.24. The van der Waals surface area contributed by atoms with Crippen LogP contribution in [0.3, 0.4) is 0 Å². The third-order valence-corrected chi connectivity index (χ3v) is 4.47. The van der Waals surface area contributed by atoms with E-state index in [1.54, 1.807) is 30.6 Å². The number of halogens is 1. The van der Waals surface area contributed by atoms with E-state index >= 15 is 0 Å². The Morgan fingerprint density at radius 3 is 3.00 bits per heavy atom. The molecule has 24 heavy (non-hydrogen) atoms. The number of pyridine rings is 1. The van der Waals surface area contributed by atoms with Crippen molar-refractivity contribution in [2.24, 2.45) is 0 Å². The van der Waals surface area contributed by atoms with E-state index in [-0.39, 0.29) is 5.91 Å². The first kappa shape index (κ1) is 16.4. The number of benzene rings is 1. The van der Waals surface area contributed by atoms with Gasteiger partial charge in [0.05, 0.1) is 24.9 Å². The molecule has 0 fully saturated rings. The molecular weight excluding hydrogens is 346 g/mol. The van der Waals surface area contributed by atoms with E-state index in [4.69, 9.17) is 16.3 Å². The van der Waals surface area contributed by atoms with Gasteiger partial charge in [-0.1, -0.05) is 11.6 Å². The van der Waals surface area contributed by atoms with Gasteiger partial charge in [0, 0.05) is 28.4 Å². The Hall–Kier alpha value is -2.44. The maximum Gasteiger partial charge on any atom is 0.255 e. The van der Waals surface area contributed by atoms with Crippen LogP contribution in [0.2, 0.25) is 5.02 Å². The van der Waals surface area contributed by atoms with Crippen LogP contribution in [-0.2, 0) is 6.54 Å². The Morgan fingerprint density at radius 2 is 2.25 bits per heavy atom. The van der Waals surface area contributed by atoms with E-state index in [0.29, 0.717) is 22.9 Å². The van der Waals surface area contributed by atoms with Crippen LogP contribution in [-0.4, -0.2) is 23.0 Å². The van der Waals surface area contributed by atoms with Crippen molar-refractivity contribution >= 4 is 28.8 Å². The summed E-state index contributed by atoms with van der Waals surface area (Å²) in [4.78, 5) is 20.9. The van der Waals surface area contributed by atoms with Crippen LogP contribution in [0.15, 0.2) is 48.1 Å². The van der Waals surface area contributed by atoms with E-state index in [9.17, 15) is 4.79 Å². The number of rotatable bonds is 5. The summed E-state index contributed by atoms with van der Waals surface area (Å²) < 4.78 is 5.20. The minimum Gasteiger partial charge on any atom is -0.496 e. The van der Waals surface area contributed by atoms with Crippen molar-refractivity contribution in [3.8, 4) is 16.3 Å². The molecule has 3 aromatic rings. The Balaban J connectivity index is 1.69. The Kier molecular flexibility index (Phi) is 5.08. The van der Waals surface area contributed by atoms with Gasteiger partial charge in [-0.2, -0.15) is 0 Å². The Labute approximate surface area is 148 Å². The minimum absolute atomic E-state index is 0.259. The highest BCUT2D eigenvalue weighted by atomic mass is 35.5. The van der Waals surface area contributed by atoms with E-state index in [2.05, 4.69) is 15.3 Å². The van der Waals surface area contributed by atoms with Crippen molar-refractivity contribution < 1.29 is 9.53 Å². The van der Waals surface area contributed by atoms with Gasteiger partial charge in [0.25, 0.3) is 5.91 Å². The molecule has 2 aromatic heterocycles. The van der Waals surface area contributed by atoms with Gasteiger partial charge in [-0.3, -0.25) is 9.78 Å². The maximum absolute atomic E-state index is 12.3. The fourth-order valence-electron chi connectivity index (χ4n) is 2.13. The topological polar surface area (TPSA) is 64.1 Å². The zero-order valence-corrected chi connectivity index (χ0v) is 14.4. The second-order valence-electron chi connectivity index (χ2n) is 4.91. The van der Waals surface area contributed by atoms with Crippen LogP contribution >= 0.6 is 22.9 Å². The lowest BCUT2D eigenvalue weighted by Crippen LogP contribution is -2.23. The van der Waals surface area contributed by atoms with Crippen molar-refractivity contribution in [3.63, 3.8) is 0 Å². The molecule has 7 heteroatoms. The summed E-state index contributed by atoms with van der Waals surface area (Å²) in [6, 6.07) is 8.74. The van der Waals surface area contributed by atoms with Gasteiger partial charge in [-0.05, 0) is 30.3 Å². The number of carbonyl (C=O) groups excluding carboxylic acids is 1. The maximum atomic E-state index is 12.3. The summed E-state index contributed by atoms with van der Waals surface area (Å²) in [5.41, 5.74) is 2.14. The predicted octanol–water partition coefficient (Wildman–Crippen LogP) is 3.80. The highest BCUT2D eigenvalue weighted by Gasteiger charge is 2.13. The summed E-state index contributed by atoms with van der Waals surface area (Å²) in [7, 11) is 1.51. The van der Waals surface area contributed by atoms with Crippen molar-refractivity contribution in [2.75, 3.05) is 7.11 Å². The molecule has 0 atom stereocenters. The molecule has 1 amide bonds. The fourth-order valence-corrected chi connectivity index (χ4v) is 3.12. The number of carbonyl (C=O) groups is 1. The van der Waals surface area contributed by atoms with Gasteiger partial charge in [0.15, 0.2) is 0 Å². The van der Waals surface area contributed by atoms with E-state index < -0.39 is 0 Å². The van der Waals surface area contributed by atoms with Crippen LogP contribution < -0.4 is 10.1 Å². The van der Waals surface area contributed by atoms with E-state index in [0.717, 1.165) is 16.3 Å². The van der Waals surface area contributed by atoms with Crippen molar-refractivity contribution in [1.82, 2.24) is 15.3 Å². The molecule has 0 bridgehead atoms. The molecule has 3 rings (SSSR count). The van der Waals surface area contributed by atoms with Gasteiger partial charge < -0.3 is 10.1 Å². The average molecular weight is 360 g/mol. The fraction of sp³-hybridized carbons (Fsp3) is 0.118. The lowest BCUT2D eigenvalue weighted by atomic mass is 10.2. The number of thiazole rings is 1.